The van der Waals surface area contributed by atoms with Gasteiger partial charge in [0.05, 0.1) is 8.80 Å². The van der Waals surface area contributed by atoms with Gasteiger partial charge in [0, 0.05) is 6.61 Å². The van der Waals surface area contributed by atoms with Crippen LogP contribution in [0.25, 0.3) is 0 Å². The van der Waals surface area contributed by atoms with E-state index >= 15 is 0 Å². The van der Waals surface area contributed by atoms with E-state index in [2.05, 4.69) is 4.74 Å². The predicted octanol–water partition coefficient (Wildman–Crippen LogP) is 5.48. The standard InChI is InChI=1S/C14H16F15NO3Si/c1-4-32-7(34(2)3)30-6(31)33-5-8(15,16)9(17,18)10(19,20)11(21,22)12(23,24)13(25,26)14(27,28)29/h7,34H,4-5H2,1-3H3,(H,30,31). The molecule has 0 aromatic heterocycles. The van der Waals surface area contributed by atoms with Gasteiger partial charge in [-0.1, -0.05) is 13.1 Å². The minimum Gasteiger partial charge on any atom is -0.443 e. The Hall–Kier alpha value is -1.60. The second-order valence-corrected chi connectivity index (χ2v) is 10.0. The number of nitrogens with one attached hydrogen (secondary N) is 1. The van der Waals surface area contributed by atoms with E-state index in [0.717, 1.165) is 0 Å². The van der Waals surface area contributed by atoms with Crippen LogP contribution in [0, 0.1) is 0 Å². The van der Waals surface area contributed by atoms with Gasteiger partial charge in [-0.05, 0) is 6.92 Å². The molecule has 1 amide bonds. The molecular weight excluding hydrogens is 543 g/mol. The maximum atomic E-state index is 13.6. The summed E-state index contributed by atoms with van der Waals surface area (Å²) in [6, 6.07) is 0. The lowest BCUT2D eigenvalue weighted by atomic mass is 9.91. The van der Waals surface area contributed by atoms with Gasteiger partial charge in [-0.15, -0.1) is 0 Å². The van der Waals surface area contributed by atoms with Crippen LogP contribution < -0.4 is 5.32 Å². The van der Waals surface area contributed by atoms with E-state index in [1.807, 2.05) is 0 Å². The highest BCUT2D eigenvalue weighted by Crippen LogP contribution is 2.62. The topological polar surface area (TPSA) is 47.6 Å². The van der Waals surface area contributed by atoms with Gasteiger partial charge in [0.2, 0.25) is 0 Å². The van der Waals surface area contributed by atoms with Crippen molar-refractivity contribution in [3.05, 3.63) is 0 Å². The largest absolute Gasteiger partial charge is 0.460 e. The van der Waals surface area contributed by atoms with Crippen molar-refractivity contribution in [2.24, 2.45) is 0 Å². The summed E-state index contributed by atoms with van der Waals surface area (Å²) in [5.41, 5.74) is 0. The molecule has 1 atom stereocenters. The number of hydrogen-bond donors (Lipinski definition) is 1. The number of carbonyl (C=O) groups is 1. The zero-order chi connectivity index (χ0) is 27.8. The lowest BCUT2D eigenvalue weighted by Gasteiger charge is -2.41. The van der Waals surface area contributed by atoms with Crippen LogP contribution in [0.5, 0.6) is 0 Å². The van der Waals surface area contributed by atoms with Crippen molar-refractivity contribution in [3.63, 3.8) is 0 Å². The van der Waals surface area contributed by atoms with Crippen LogP contribution >= 0.6 is 0 Å². The van der Waals surface area contributed by atoms with Gasteiger partial charge in [-0.2, -0.15) is 65.9 Å². The molecule has 0 aliphatic rings. The molecule has 0 aromatic rings. The molecule has 0 fully saturated rings. The van der Waals surface area contributed by atoms with Crippen LogP contribution in [0.1, 0.15) is 6.92 Å². The Labute approximate surface area is 182 Å². The highest BCUT2D eigenvalue weighted by atomic mass is 28.3. The Balaban J connectivity index is 5.98. The maximum absolute atomic E-state index is 13.6. The number of rotatable bonds is 11. The smallest absolute Gasteiger partial charge is 0.443 e. The molecule has 0 saturated carbocycles. The van der Waals surface area contributed by atoms with E-state index in [4.69, 9.17) is 4.74 Å². The number of ether oxygens (including phenoxy) is 2. The first-order valence-corrected chi connectivity index (χ1v) is 11.6. The number of hydrogen-bond acceptors (Lipinski definition) is 3. The normalized spacial score (nSPS) is 16.0. The lowest BCUT2D eigenvalue weighted by Crippen LogP contribution is -2.73. The Morgan fingerprint density at radius 1 is 0.735 bits per heavy atom. The number of carbonyl (C=O) groups excluding carboxylic acids is 1. The van der Waals surface area contributed by atoms with Crippen molar-refractivity contribution in [3.8, 4) is 0 Å². The molecule has 0 aliphatic carbocycles. The summed E-state index contributed by atoms with van der Waals surface area (Å²) < 4.78 is 204. The fourth-order valence-electron chi connectivity index (χ4n) is 1.98. The molecule has 34 heavy (non-hydrogen) atoms. The number of alkyl carbamates (subject to hydrolysis) is 1. The van der Waals surface area contributed by atoms with E-state index in [1.165, 1.54) is 20.0 Å². The van der Waals surface area contributed by atoms with Crippen LogP contribution in [0.15, 0.2) is 0 Å². The molecular formula is C14H16F15NO3Si. The monoisotopic (exact) mass is 559 g/mol. The van der Waals surface area contributed by atoms with Gasteiger partial charge in [-0.25, -0.2) is 4.79 Å². The average molecular weight is 559 g/mol. The van der Waals surface area contributed by atoms with Crippen molar-refractivity contribution in [1.82, 2.24) is 5.32 Å². The van der Waals surface area contributed by atoms with Crippen molar-refractivity contribution in [2.45, 2.75) is 67.6 Å². The molecule has 0 bridgehead atoms. The number of halogens is 15. The Kier molecular flexibility index (Phi) is 9.34. The van der Waals surface area contributed by atoms with Gasteiger partial charge < -0.3 is 9.47 Å². The summed E-state index contributed by atoms with van der Waals surface area (Å²) in [7, 11) is -2.00. The minimum atomic E-state index is -8.39. The van der Waals surface area contributed by atoms with Gasteiger partial charge in [0.25, 0.3) is 0 Å². The Morgan fingerprint density at radius 3 is 1.47 bits per heavy atom. The van der Waals surface area contributed by atoms with Crippen molar-refractivity contribution in [1.29, 1.82) is 0 Å². The molecule has 0 aliphatic heterocycles. The fourth-order valence-corrected chi connectivity index (χ4v) is 3.03. The van der Waals surface area contributed by atoms with Crippen LogP contribution in [0.3, 0.4) is 0 Å². The van der Waals surface area contributed by atoms with E-state index in [0.29, 0.717) is 0 Å². The molecule has 4 nitrogen and oxygen atoms in total. The summed E-state index contributed by atoms with van der Waals surface area (Å²) in [5.74, 6) is -48.6. The SMILES string of the molecule is CCOC(NC(=O)OCC(F)(F)C(F)(F)C(F)(F)C(F)(F)C(F)(F)C(F)(F)C(F)(F)F)[SiH](C)C. The molecule has 0 radical (unpaired) electrons. The predicted molar refractivity (Wildman–Crippen MR) is 84.5 cm³/mol. The fraction of sp³-hybridized carbons (Fsp3) is 0.929. The second-order valence-electron chi connectivity index (χ2n) is 6.91. The Morgan fingerprint density at radius 2 is 1.12 bits per heavy atom. The van der Waals surface area contributed by atoms with Gasteiger partial charge in [0.1, 0.15) is 5.85 Å². The third-order valence-corrected chi connectivity index (χ3v) is 5.56. The average Bonchev–Trinajstić information content (AvgIpc) is 2.64. The van der Waals surface area contributed by atoms with Gasteiger partial charge >= 0.3 is 47.8 Å². The van der Waals surface area contributed by atoms with E-state index < -0.39 is 69.1 Å². The van der Waals surface area contributed by atoms with Crippen molar-refractivity contribution < 1.29 is 80.1 Å². The van der Waals surface area contributed by atoms with E-state index in [-0.39, 0.29) is 6.61 Å². The summed E-state index contributed by atoms with van der Waals surface area (Å²) in [6.45, 7) is 1.12. The quantitative estimate of drug-likeness (QED) is 0.208. The second kappa shape index (κ2) is 9.80. The third kappa shape index (κ3) is 5.45. The van der Waals surface area contributed by atoms with Crippen LogP contribution in [0.4, 0.5) is 70.7 Å². The minimum absolute atomic E-state index is 0.0809. The molecule has 0 saturated heterocycles. The highest BCUT2D eigenvalue weighted by molar-refractivity contribution is 6.57. The van der Waals surface area contributed by atoms with E-state index in [1.54, 1.807) is 5.32 Å². The molecule has 0 heterocycles. The zero-order valence-corrected chi connectivity index (χ0v) is 18.1. The molecule has 204 valence electrons. The molecule has 0 spiro atoms. The molecule has 0 aromatic carbocycles. The first-order valence-electron chi connectivity index (χ1n) is 8.64. The van der Waals surface area contributed by atoms with Crippen LogP contribution in [0.2, 0.25) is 13.1 Å². The summed E-state index contributed by atoms with van der Waals surface area (Å²) in [4.78, 5) is 11.4. The van der Waals surface area contributed by atoms with Gasteiger partial charge in [-0.3, -0.25) is 5.32 Å². The summed E-state index contributed by atoms with van der Waals surface area (Å²) in [6.07, 6.45) is -9.72. The van der Waals surface area contributed by atoms with Crippen LogP contribution in [-0.2, 0) is 9.47 Å². The highest BCUT2D eigenvalue weighted by Gasteiger charge is 2.93. The van der Waals surface area contributed by atoms with Crippen LogP contribution in [-0.4, -0.2) is 75.7 Å². The van der Waals surface area contributed by atoms with Crippen molar-refractivity contribution >= 4 is 14.9 Å². The zero-order valence-electron chi connectivity index (χ0n) is 17.0. The molecule has 20 heteroatoms. The Bertz CT molecular complexity index is 711. The maximum Gasteiger partial charge on any atom is 0.460 e. The third-order valence-electron chi connectivity index (χ3n) is 3.99. The van der Waals surface area contributed by atoms with Crippen molar-refractivity contribution in [2.75, 3.05) is 13.2 Å². The first-order chi connectivity index (χ1) is 14.8. The number of alkyl halides is 15. The first kappa shape index (κ1) is 32.4. The molecule has 0 rings (SSSR count). The molecule has 1 unspecified atom stereocenters. The molecule has 1 N–H and O–H groups in total. The van der Waals surface area contributed by atoms with E-state index in [9.17, 15) is 70.7 Å². The summed E-state index contributed by atoms with van der Waals surface area (Å²) >= 11 is 0. The number of amides is 1. The van der Waals surface area contributed by atoms with Gasteiger partial charge in [0.15, 0.2) is 6.61 Å². The summed E-state index contributed by atoms with van der Waals surface area (Å²) in [5, 5.41) is 1.69. The lowest BCUT2D eigenvalue weighted by molar-refractivity contribution is -0.453.